The number of benzene rings is 1. The van der Waals surface area contributed by atoms with Gasteiger partial charge in [0.2, 0.25) is 15.9 Å². The van der Waals surface area contributed by atoms with Gasteiger partial charge in [0.1, 0.15) is 0 Å². The van der Waals surface area contributed by atoms with Crippen LogP contribution in [0.5, 0.6) is 0 Å². The summed E-state index contributed by atoms with van der Waals surface area (Å²) in [6.45, 7) is -0.160. The Morgan fingerprint density at radius 1 is 1.33 bits per heavy atom. The van der Waals surface area contributed by atoms with E-state index in [1.807, 2.05) is 0 Å². The molecule has 9 nitrogen and oxygen atoms in total. The molecule has 1 amide bonds. The molecule has 10 heteroatoms. The summed E-state index contributed by atoms with van der Waals surface area (Å²) >= 11 is 0. The highest BCUT2D eigenvalue weighted by molar-refractivity contribution is 7.89. The van der Waals surface area contributed by atoms with Gasteiger partial charge in [0.15, 0.2) is 0 Å². The zero-order valence-electron chi connectivity index (χ0n) is 14.3. The maximum absolute atomic E-state index is 12.7. The highest BCUT2D eigenvalue weighted by Gasteiger charge is 2.58. The van der Waals surface area contributed by atoms with Crippen molar-refractivity contribution in [2.24, 2.45) is 11.7 Å². The predicted molar refractivity (Wildman–Crippen MR) is 97.6 cm³/mol. The number of hydrogen-bond donors (Lipinski definition) is 3. The monoisotopic (exact) mass is 390 g/mol. The van der Waals surface area contributed by atoms with Crippen molar-refractivity contribution < 1.29 is 13.2 Å². The highest BCUT2D eigenvalue weighted by atomic mass is 32.2. The van der Waals surface area contributed by atoms with E-state index in [9.17, 15) is 22.8 Å². The van der Waals surface area contributed by atoms with Crippen LogP contribution in [-0.4, -0.2) is 29.4 Å². The van der Waals surface area contributed by atoms with Crippen LogP contribution in [0.15, 0.2) is 44.8 Å². The lowest BCUT2D eigenvalue weighted by atomic mass is 9.50. The van der Waals surface area contributed by atoms with Gasteiger partial charge in [0, 0.05) is 18.2 Å². The van der Waals surface area contributed by atoms with Gasteiger partial charge >= 0.3 is 5.69 Å². The summed E-state index contributed by atoms with van der Waals surface area (Å²) < 4.78 is 28.9. The van der Waals surface area contributed by atoms with Gasteiger partial charge < -0.3 is 10.7 Å². The second kappa shape index (κ2) is 5.89. The van der Waals surface area contributed by atoms with E-state index in [2.05, 4.69) is 9.71 Å². The minimum atomic E-state index is -3.77. The topological polar surface area (TPSA) is 144 Å². The van der Waals surface area contributed by atoms with E-state index in [1.54, 1.807) is 0 Å². The van der Waals surface area contributed by atoms with Crippen LogP contribution in [0.4, 0.5) is 0 Å². The molecule has 1 aromatic heterocycles. The van der Waals surface area contributed by atoms with Crippen molar-refractivity contribution >= 4 is 26.8 Å². The maximum Gasteiger partial charge on any atom is 0.329 e. The average Bonchev–Trinajstić information content (AvgIpc) is 2.52. The van der Waals surface area contributed by atoms with Crippen molar-refractivity contribution in [1.29, 1.82) is 0 Å². The number of amides is 1. The second-order valence-electron chi connectivity index (χ2n) is 7.22. The number of fused-ring (bicyclic) bond motifs is 1. The molecule has 4 N–H and O–H groups in total. The summed E-state index contributed by atoms with van der Waals surface area (Å²) in [5, 5.41) is 0.0718. The lowest BCUT2D eigenvalue weighted by Gasteiger charge is -2.61. The Bertz CT molecular complexity index is 1190. The minimum absolute atomic E-state index is 0.0249. The van der Waals surface area contributed by atoms with Crippen molar-refractivity contribution in [3.05, 3.63) is 51.2 Å². The molecule has 3 aliphatic carbocycles. The minimum Gasteiger partial charge on any atom is -0.366 e. The highest BCUT2D eigenvalue weighted by Crippen LogP contribution is 2.57. The van der Waals surface area contributed by atoms with Crippen molar-refractivity contribution in [1.82, 2.24) is 14.3 Å². The van der Waals surface area contributed by atoms with E-state index in [0.717, 1.165) is 29.9 Å². The fourth-order valence-electron chi connectivity index (χ4n) is 3.78. The van der Waals surface area contributed by atoms with Crippen LogP contribution in [0.25, 0.3) is 10.9 Å². The molecule has 1 heterocycles. The van der Waals surface area contributed by atoms with Gasteiger partial charge in [-0.05, 0) is 43.4 Å². The Balaban J connectivity index is 1.73. The van der Waals surface area contributed by atoms with Gasteiger partial charge in [-0.15, -0.1) is 0 Å². The lowest BCUT2D eigenvalue weighted by Crippen LogP contribution is -2.67. The summed E-state index contributed by atoms with van der Waals surface area (Å²) in [5.41, 5.74) is 3.59. The molecule has 3 aliphatic rings. The number of nitrogens with two attached hydrogens (primary N) is 1. The molecule has 0 aliphatic heterocycles. The van der Waals surface area contributed by atoms with Crippen LogP contribution in [0.3, 0.4) is 0 Å². The Morgan fingerprint density at radius 3 is 2.63 bits per heavy atom. The Labute approximate surface area is 153 Å². The van der Waals surface area contributed by atoms with Crippen LogP contribution in [-0.2, 0) is 21.4 Å². The number of carbonyl (C=O) groups is 1. The maximum atomic E-state index is 12.7. The number of hydrogen-bond acceptors (Lipinski definition) is 5. The fourth-order valence-corrected chi connectivity index (χ4v) is 5.24. The molecule has 0 spiro atoms. The number of carbonyl (C=O) groups excluding carboxylic acids is 1. The largest absolute Gasteiger partial charge is 0.366 e. The standard InChI is InChI=1S/C17H18N4O5S/c18-14(22)2-1-5-21-15(23)12-6-11(3-4-13(12)19-16(21)24)27(25,26)20-17-7-10(8-17)9-17/h1-4,6,10,20H,5,7-9H2,(H2,18,22)(H,19,24)/b2-1+. The number of rotatable bonds is 6. The first-order valence-electron chi connectivity index (χ1n) is 8.46. The smallest absolute Gasteiger partial charge is 0.329 e. The number of allylic oxidation sites excluding steroid dienone is 1. The number of nitrogens with one attached hydrogen (secondary N) is 2. The zero-order valence-corrected chi connectivity index (χ0v) is 15.1. The fraction of sp³-hybridized carbons (Fsp3) is 0.353. The zero-order chi connectivity index (χ0) is 19.4. The molecule has 0 radical (unpaired) electrons. The van der Waals surface area contributed by atoms with Crippen LogP contribution >= 0.6 is 0 Å². The van der Waals surface area contributed by atoms with Gasteiger partial charge in [-0.3, -0.25) is 14.2 Å². The average molecular weight is 390 g/mol. The van der Waals surface area contributed by atoms with Gasteiger partial charge in [0.05, 0.1) is 15.8 Å². The van der Waals surface area contributed by atoms with E-state index >= 15 is 0 Å². The van der Waals surface area contributed by atoms with E-state index in [4.69, 9.17) is 5.73 Å². The van der Waals surface area contributed by atoms with Gasteiger partial charge in [-0.1, -0.05) is 6.08 Å². The molecule has 142 valence electrons. The number of sulfonamides is 1. The molecular formula is C17H18N4O5S. The Kier molecular flexibility index (Phi) is 3.86. The first-order valence-corrected chi connectivity index (χ1v) is 9.94. The van der Waals surface area contributed by atoms with Gasteiger partial charge in [0.25, 0.3) is 5.56 Å². The van der Waals surface area contributed by atoms with Crippen molar-refractivity contribution in [3.8, 4) is 0 Å². The van der Waals surface area contributed by atoms with Crippen molar-refractivity contribution in [2.45, 2.75) is 36.2 Å². The van der Waals surface area contributed by atoms with Crippen LogP contribution in [0.2, 0.25) is 0 Å². The summed E-state index contributed by atoms with van der Waals surface area (Å²) in [4.78, 5) is 38.0. The number of primary amides is 1. The van der Waals surface area contributed by atoms with Crippen LogP contribution in [0, 0.1) is 5.92 Å². The number of nitrogens with zero attached hydrogens (tertiary/aromatic N) is 1. The molecule has 3 fully saturated rings. The third-order valence-corrected chi connectivity index (χ3v) is 6.80. The molecular weight excluding hydrogens is 372 g/mol. The van der Waals surface area contributed by atoms with E-state index in [-0.39, 0.29) is 27.9 Å². The molecule has 0 unspecified atom stereocenters. The molecule has 2 aromatic rings. The quantitative estimate of drug-likeness (QED) is 0.573. The first-order chi connectivity index (χ1) is 12.7. The van der Waals surface area contributed by atoms with Crippen molar-refractivity contribution in [2.75, 3.05) is 0 Å². The molecule has 1 aromatic carbocycles. The summed E-state index contributed by atoms with van der Waals surface area (Å²) in [5.74, 6) is -0.0802. The van der Waals surface area contributed by atoms with E-state index < -0.39 is 27.2 Å². The Hall–Kier alpha value is -2.72. The summed E-state index contributed by atoms with van der Waals surface area (Å²) in [6.07, 6.45) is 4.89. The first kappa shape index (κ1) is 17.7. The van der Waals surface area contributed by atoms with Crippen LogP contribution in [0.1, 0.15) is 19.3 Å². The van der Waals surface area contributed by atoms with E-state index in [1.165, 1.54) is 24.3 Å². The molecule has 0 atom stereocenters. The summed E-state index contributed by atoms with van der Waals surface area (Å²) in [6, 6.07) is 4.02. The predicted octanol–water partition coefficient (Wildman–Crippen LogP) is -0.438. The number of aromatic amines is 1. The molecule has 3 saturated carbocycles. The second-order valence-corrected chi connectivity index (χ2v) is 8.90. The third-order valence-electron chi connectivity index (χ3n) is 5.22. The van der Waals surface area contributed by atoms with Crippen LogP contribution < -0.4 is 21.7 Å². The van der Waals surface area contributed by atoms with Gasteiger partial charge in [-0.25, -0.2) is 17.9 Å². The molecule has 2 bridgehead atoms. The normalized spacial score (nSPS) is 23.9. The lowest BCUT2D eigenvalue weighted by molar-refractivity contribution is -0.113. The molecule has 5 rings (SSSR count). The third kappa shape index (κ3) is 3.00. The Morgan fingerprint density at radius 2 is 2.04 bits per heavy atom. The van der Waals surface area contributed by atoms with E-state index in [0.29, 0.717) is 5.92 Å². The van der Waals surface area contributed by atoms with Crippen molar-refractivity contribution in [3.63, 3.8) is 0 Å². The molecule has 27 heavy (non-hydrogen) atoms. The number of aromatic nitrogens is 2. The van der Waals surface area contributed by atoms with Gasteiger partial charge in [-0.2, -0.15) is 0 Å². The summed E-state index contributed by atoms with van der Waals surface area (Å²) in [7, 11) is -3.77. The SMILES string of the molecule is NC(=O)/C=C/Cn1c(=O)[nH]c2ccc(S(=O)(=O)NC34CC(C3)C4)cc2c1=O. The molecule has 0 saturated heterocycles. The number of H-pyrrole nitrogens is 1.